The Kier molecular flexibility index (Phi) is 3.08. The van der Waals surface area contributed by atoms with Crippen LogP contribution in [0.15, 0.2) is 21.8 Å². The molecule has 5 nitrogen and oxygen atoms in total. The van der Waals surface area contributed by atoms with Gasteiger partial charge in [-0.3, -0.25) is 4.79 Å². The highest BCUT2D eigenvalue weighted by Gasteiger charge is 2.28. The van der Waals surface area contributed by atoms with E-state index in [2.05, 4.69) is 35.4 Å². The van der Waals surface area contributed by atoms with Crippen molar-refractivity contribution in [2.45, 2.75) is 45.1 Å². The molecule has 0 saturated heterocycles. The molecule has 0 spiro atoms. The van der Waals surface area contributed by atoms with Gasteiger partial charge in [-0.1, -0.05) is 20.8 Å². The lowest BCUT2D eigenvalue weighted by Crippen LogP contribution is -2.22. The predicted octanol–water partition coefficient (Wildman–Crippen LogP) is 3.03. The minimum atomic E-state index is -0.202. The molecule has 1 fully saturated rings. The van der Waals surface area contributed by atoms with Crippen molar-refractivity contribution in [3.63, 3.8) is 0 Å². The molecule has 2 aromatic heterocycles. The van der Waals surface area contributed by atoms with Crippen LogP contribution in [0, 0.1) is 0 Å². The third kappa shape index (κ3) is 2.32. The van der Waals surface area contributed by atoms with Gasteiger partial charge in [0, 0.05) is 11.5 Å². The minimum Gasteiger partial charge on any atom is -0.325 e. The number of hydrogen-bond donors (Lipinski definition) is 1. The van der Waals surface area contributed by atoms with E-state index in [4.69, 9.17) is 0 Å². The van der Waals surface area contributed by atoms with Gasteiger partial charge >= 0.3 is 0 Å². The Morgan fingerprint density at radius 2 is 2.10 bits per heavy atom. The number of rotatable bonds is 2. The maximum absolute atomic E-state index is 12.1. The fourth-order valence-electron chi connectivity index (χ4n) is 2.21. The Labute approximate surface area is 125 Å². The first-order chi connectivity index (χ1) is 9.38. The summed E-state index contributed by atoms with van der Waals surface area (Å²) in [5.41, 5.74) is 1.29. The van der Waals surface area contributed by atoms with Crippen molar-refractivity contribution >= 4 is 15.9 Å². The number of halogens is 1. The fraction of sp³-hybridized carbons (Fsp3) is 0.500. The van der Waals surface area contributed by atoms with Gasteiger partial charge in [0.25, 0.3) is 5.56 Å². The molecule has 0 aromatic carbocycles. The normalized spacial score (nSPS) is 15.6. The predicted molar refractivity (Wildman–Crippen MR) is 80.7 cm³/mol. The highest BCUT2D eigenvalue weighted by Crippen LogP contribution is 2.37. The molecule has 20 heavy (non-hydrogen) atoms. The molecular formula is C14H17BrN4O. The molecule has 1 N–H and O–H groups in total. The zero-order chi connectivity index (χ0) is 14.5. The fourth-order valence-corrected chi connectivity index (χ4v) is 2.99. The van der Waals surface area contributed by atoms with Gasteiger partial charge in [0.15, 0.2) is 5.82 Å². The average Bonchev–Trinajstić information content (AvgIpc) is 3.09. The first kappa shape index (κ1) is 13.5. The van der Waals surface area contributed by atoms with E-state index in [1.807, 2.05) is 27.1 Å². The maximum atomic E-state index is 12.1. The van der Waals surface area contributed by atoms with Crippen LogP contribution in [0.1, 0.15) is 45.3 Å². The molecule has 1 aliphatic rings. The molecule has 0 radical (unpaired) electrons. The van der Waals surface area contributed by atoms with Gasteiger partial charge in [0.05, 0.1) is 18.2 Å². The molecule has 1 aliphatic carbocycles. The van der Waals surface area contributed by atoms with Crippen LogP contribution in [0.25, 0.3) is 11.5 Å². The Morgan fingerprint density at radius 1 is 1.40 bits per heavy atom. The second-order valence-electron chi connectivity index (χ2n) is 6.24. The van der Waals surface area contributed by atoms with E-state index in [0.717, 1.165) is 24.2 Å². The summed E-state index contributed by atoms with van der Waals surface area (Å²) in [6.45, 7) is 6.13. The third-order valence-electron chi connectivity index (χ3n) is 3.42. The number of aromatic amines is 1. The highest BCUT2D eigenvalue weighted by molar-refractivity contribution is 9.10. The van der Waals surface area contributed by atoms with Crippen molar-refractivity contribution in [2.24, 2.45) is 0 Å². The summed E-state index contributed by atoms with van der Waals surface area (Å²) in [6.07, 6.45) is 5.90. The summed E-state index contributed by atoms with van der Waals surface area (Å²) in [5, 5.41) is 0. The second kappa shape index (κ2) is 4.55. The molecule has 0 bridgehead atoms. The van der Waals surface area contributed by atoms with Gasteiger partial charge in [-0.15, -0.1) is 0 Å². The second-order valence-corrected chi connectivity index (χ2v) is 7.04. The number of imidazole rings is 1. The van der Waals surface area contributed by atoms with Gasteiger partial charge in [-0.2, -0.15) is 0 Å². The van der Waals surface area contributed by atoms with Crippen LogP contribution in [0.2, 0.25) is 0 Å². The van der Waals surface area contributed by atoms with Crippen molar-refractivity contribution < 1.29 is 0 Å². The van der Waals surface area contributed by atoms with Crippen LogP contribution in [0.5, 0.6) is 0 Å². The standard InChI is InChI=1S/C14H17BrN4O/c1-14(2,3)11-10(15)13(20)18-12(17-11)9-6-16-7-19(9)8-4-5-8/h6-8H,4-5H2,1-3H3,(H,17,18,20). The van der Waals surface area contributed by atoms with E-state index in [9.17, 15) is 4.79 Å². The molecule has 0 atom stereocenters. The van der Waals surface area contributed by atoms with E-state index in [1.165, 1.54) is 0 Å². The Hall–Kier alpha value is -1.43. The van der Waals surface area contributed by atoms with E-state index in [0.29, 0.717) is 16.3 Å². The van der Waals surface area contributed by atoms with Crippen LogP contribution >= 0.6 is 15.9 Å². The Bertz CT molecular complexity index is 707. The molecule has 2 heterocycles. The van der Waals surface area contributed by atoms with E-state index >= 15 is 0 Å². The van der Waals surface area contributed by atoms with E-state index in [-0.39, 0.29) is 11.0 Å². The lowest BCUT2D eigenvalue weighted by molar-refractivity contribution is 0.562. The van der Waals surface area contributed by atoms with Crippen molar-refractivity contribution in [3.05, 3.63) is 33.0 Å². The number of nitrogens with zero attached hydrogens (tertiary/aromatic N) is 3. The quantitative estimate of drug-likeness (QED) is 0.916. The van der Waals surface area contributed by atoms with Gasteiger partial charge in [-0.25, -0.2) is 9.97 Å². The Balaban J connectivity index is 2.17. The molecule has 1 saturated carbocycles. The molecule has 106 valence electrons. The summed E-state index contributed by atoms with van der Waals surface area (Å²) in [7, 11) is 0. The Morgan fingerprint density at radius 3 is 2.70 bits per heavy atom. The monoisotopic (exact) mass is 336 g/mol. The molecule has 2 aromatic rings. The zero-order valence-corrected chi connectivity index (χ0v) is 13.4. The van der Waals surface area contributed by atoms with Crippen LogP contribution in [0.4, 0.5) is 0 Å². The van der Waals surface area contributed by atoms with Crippen molar-refractivity contribution in [1.29, 1.82) is 0 Å². The smallest absolute Gasteiger partial charge is 0.265 e. The van der Waals surface area contributed by atoms with Gasteiger partial charge in [0.1, 0.15) is 10.2 Å². The number of hydrogen-bond acceptors (Lipinski definition) is 3. The summed E-state index contributed by atoms with van der Waals surface area (Å²) >= 11 is 3.34. The van der Waals surface area contributed by atoms with Crippen molar-refractivity contribution in [3.8, 4) is 11.5 Å². The summed E-state index contributed by atoms with van der Waals surface area (Å²) in [4.78, 5) is 23.8. The first-order valence-corrected chi connectivity index (χ1v) is 7.49. The summed E-state index contributed by atoms with van der Waals surface area (Å²) in [5.74, 6) is 0.590. The summed E-state index contributed by atoms with van der Waals surface area (Å²) in [6, 6.07) is 0.500. The molecule has 0 aliphatic heterocycles. The number of aromatic nitrogens is 4. The van der Waals surface area contributed by atoms with Crippen molar-refractivity contribution in [2.75, 3.05) is 0 Å². The topological polar surface area (TPSA) is 63.6 Å². The van der Waals surface area contributed by atoms with Gasteiger partial charge in [0.2, 0.25) is 0 Å². The average molecular weight is 337 g/mol. The third-order valence-corrected chi connectivity index (χ3v) is 4.16. The SMILES string of the molecule is CC(C)(C)c1nc(-c2cncn2C2CC2)[nH]c(=O)c1Br. The maximum Gasteiger partial charge on any atom is 0.265 e. The van der Waals surface area contributed by atoms with Crippen LogP contribution in [-0.4, -0.2) is 19.5 Å². The molecular weight excluding hydrogens is 320 g/mol. The van der Waals surface area contributed by atoms with E-state index < -0.39 is 0 Å². The van der Waals surface area contributed by atoms with Crippen molar-refractivity contribution in [1.82, 2.24) is 19.5 Å². The lowest BCUT2D eigenvalue weighted by Gasteiger charge is -2.19. The molecule has 3 rings (SSSR count). The number of H-pyrrole nitrogens is 1. The first-order valence-electron chi connectivity index (χ1n) is 6.70. The highest BCUT2D eigenvalue weighted by atomic mass is 79.9. The van der Waals surface area contributed by atoms with Gasteiger partial charge < -0.3 is 9.55 Å². The lowest BCUT2D eigenvalue weighted by atomic mass is 9.92. The van der Waals surface area contributed by atoms with Crippen LogP contribution in [-0.2, 0) is 5.41 Å². The van der Waals surface area contributed by atoms with Crippen LogP contribution < -0.4 is 5.56 Å². The zero-order valence-electron chi connectivity index (χ0n) is 11.8. The minimum absolute atomic E-state index is 0.150. The summed E-state index contributed by atoms with van der Waals surface area (Å²) < 4.78 is 2.60. The van der Waals surface area contributed by atoms with Gasteiger partial charge in [-0.05, 0) is 28.8 Å². The molecule has 6 heteroatoms. The number of nitrogens with one attached hydrogen (secondary N) is 1. The largest absolute Gasteiger partial charge is 0.325 e. The van der Waals surface area contributed by atoms with Crippen LogP contribution in [0.3, 0.4) is 0 Å². The molecule has 0 unspecified atom stereocenters. The molecule has 0 amide bonds. The van der Waals surface area contributed by atoms with E-state index in [1.54, 1.807) is 6.20 Å².